The Morgan fingerprint density at radius 3 is 3.26 bits per heavy atom. The minimum Gasteiger partial charge on any atom is -0.352 e. The van der Waals surface area contributed by atoms with E-state index in [-0.39, 0.29) is 0 Å². The molecule has 100 valence electrons. The number of hydrogen-bond acceptors (Lipinski definition) is 5. The molecule has 19 heavy (non-hydrogen) atoms. The van der Waals surface area contributed by atoms with E-state index in [4.69, 9.17) is 0 Å². The lowest BCUT2D eigenvalue weighted by Crippen LogP contribution is -2.46. The fourth-order valence-corrected chi connectivity index (χ4v) is 3.47. The molecule has 6 nitrogen and oxygen atoms in total. The molecule has 1 N–H and O–H groups in total. The normalized spacial score (nSPS) is 26.9. The Labute approximate surface area is 111 Å². The van der Waals surface area contributed by atoms with Crippen molar-refractivity contribution >= 4 is 11.6 Å². The van der Waals surface area contributed by atoms with Gasteiger partial charge < -0.3 is 10.2 Å². The summed E-state index contributed by atoms with van der Waals surface area (Å²) in [5.74, 6) is 2.60. The van der Waals surface area contributed by atoms with Crippen molar-refractivity contribution in [1.29, 1.82) is 0 Å². The summed E-state index contributed by atoms with van der Waals surface area (Å²) in [4.78, 5) is 11.1. The molecule has 2 unspecified atom stereocenters. The molecule has 0 bridgehead atoms. The molecule has 0 spiro atoms. The lowest BCUT2D eigenvalue weighted by atomic mass is 9.92. The Hall–Kier alpha value is -1.69. The van der Waals surface area contributed by atoms with E-state index in [2.05, 4.69) is 31.3 Å². The quantitative estimate of drug-likeness (QED) is 0.812. The number of aryl methyl sites for hydroxylation is 1. The van der Waals surface area contributed by atoms with Crippen molar-refractivity contribution in [3.05, 3.63) is 18.1 Å². The smallest absolute Gasteiger partial charge is 0.254 e. The number of anilines is 1. The molecule has 0 aromatic carbocycles. The Morgan fingerprint density at radius 2 is 2.32 bits per heavy atom. The highest BCUT2D eigenvalue weighted by atomic mass is 15.4. The minimum atomic E-state index is 0.586. The van der Waals surface area contributed by atoms with Crippen LogP contribution in [0.15, 0.2) is 12.4 Å². The monoisotopic (exact) mass is 258 g/mol. The zero-order chi connectivity index (χ0) is 12.8. The van der Waals surface area contributed by atoms with Crippen LogP contribution in [0.5, 0.6) is 0 Å². The van der Waals surface area contributed by atoms with Crippen molar-refractivity contribution in [3.8, 4) is 0 Å². The fraction of sp³-hybridized carbons (Fsp3) is 0.615. The summed E-state index contributed by atoms with van der Waals surface area (Å²) in [6.45, 7) is 5.34. The van der Waals surface area contributed by atoms with Crippen LogP contribution in [-0.2, 0) is 0 Å². The summed E-state index contributed by atoms with van der Waals surface area (Å²) >= 11 is 0. The molecule has 0 radical (unpaired) electrons. The number of fused-ring (bicyclic) bond motifs is 2. The van der Waals surface area contributed by atoms with Crippen molar-refractivity contribution in [1.82, 2.24) is 24.9 Å². The topological polar surface area (TPSA) is 58.4 Å². The van der Waals surface area contributed by atoms with Crippen LogP contribution in [0.1, 0.15) is 18.5 Å². The van der Waals surface area contributed by atoms with E-state index in [1.807, 2.05) is 11.4 Å². The highest BCUT2D eigenvalue weighted by Crippen LogP contribution is 2.30. The van der Waals surface area contributed by atoms with Gasteiger partial charge in [0.25, 0.3) is 5.78 Å². The first-order valence-corrected chi connectivity index (χ1v) is 6.98. The van der Waals surface area contributed by atoms with Gasteiger partial charge in [0.15, 0.2) is 0 Å². The number of nitrogens with zero attached hydrogens (tertiary/aromatic N) is 5. The summed E-state index contributed by atoms with van der Waals surface area (Å²) in [6, 6.07) is 2.71. The van der Waals surface area contributed by atoms with Crippen LogP contribution >= 0.6 is 0 Å². The molecule has 0 amide bonds. The van der Waals surface area contributed by atoms with Gasteiger partial charge >= 0.3 is 0 Å². The molecule has 2 aliphatic heterocycles. The number of rotatable bonds is 1. The maximum atomic E-state index is 4.42. The predicted molar refractivity (Wildman–Crippen MR) is 72.2 cm³/mol. The van der Waals surface area contributed by atoms with E-state index in [0.29, 0.717) is 11.8 Å². The molecule has 2 aromatic rings. The van der Waals surface area contributed by atoms with Gasteiger partial charge in [-0.2, -0.15) is 14.6 Å². The summed E-state index contributed by atoms with van der Waals surface area (Å²) in [5, 5.41) is 7.85. The lowest BCUT2D eigenvalue weighted by molar-refractivity contribution is 0.381. The molecular weight excluding hydrogens is 240 g/mol. The van der Waals surface area contributed by atoms with Crippen LogP contribution in [0, 0.1) is 12.8 Å². The third-order valence-corrected chi connectivity index (χ3v) is 4.33. The van der Waals surface area contributed by atoms with Crippen molar-refractivity contribution in [2.75, 3.05) is 24.5 Å². The molecular formula is C13H18N6. The molecule has 0 saturated carbocycles. The van der Waals surface area contributed by atoms with E-state index in [1.54, 1.807) is 6.33 Å². The third-order valence-electron chi connectivity index (χ3n) is 4.33. The van der Waals surface area contributed by atoms with Crippen molar-refractivity contribution < 1.29 is 0 Å². The van der Waals surface area contributed by atoms with Gasteiger partial charge in [-0.15, -0.1) is 0 Å². The van der Waals surface area contributed by atoms with Crippen LogP contribution in [0.3, 0.4) is 0 Å². The van der Waals surface area contributed by atoms with Gasteiger partial charge in [-0.05, 0) is 25.7 Å². The van der Waals surface area contributed by atoms with E-state index in [1.165, 1.54) is 12.8 Å². The summed E-state index contributed by atoms with van der Waals surface area (Å²) < 4.78 is 1.87. The van der Waals surface area contributed by atoms with Crippen LogP contribution in [0.4, 0.5) is 5.82 Å². The van der Waals surface area contributed by atoms with Gasteiger partial charge in [-0.25, -0.2) is 4.98 Å². The Bertz CT molecular complexity index is 606. The second kappa shape index (κ2) is 4.16. The number of nitrogens with one attached hydrogen (secondary N) is 1. The van der Waals surface area contributed by atoms with Crippen LogP contribution in [0.25, 0.3) is 5.78 Å². The van der Waals surface area contributed by atoms with Crippen LogP contribution in [0.2, 0.25) is 0 Å². The second-order valence-corrected chi connectivity index (χ2v) is 5.55. The largest absolute Gasteiger partial charge is 0.352 e. The van der Waals surface area contributed by atoms with Gasteiger partial charge in [0.2, 0.25) is 0 Å². The standard InChI is InChI=1S/C13H18N6/c1-9-5-12(19-13(17-9)15-8-16-19)18-4-2-3-10-6-14-7-11(10)18/h5,8,10-11,14H,2-4,6-7H2,1H3. The maximum absolute atomic E-state index is 4.42. The average molecular weight is 258 g/mol. The summed E-state index contributed by atoms with van der Waals surface area (Å²) in [6.07, 6.45) is 4.17. The van der Waals surface area contributed by atoms with Crippen molar-refractivity contribution in [2.45, 2.75) is 25.8 Å². The van der Waals surface area contributed by atoms with Crippen LogP contribution in [-0.4, -0.2) is 45.3 Å². The molecule has 2 aromatic heterocycles. The molecule has 4 heterocycles. The maximum Gasteiger partial charge on any atom is 0.254 e. The highest BCUT2D eigenvalue weighted by Gasteiger charge is 2.36. The van der Waals surface area contributed by atoms with Crippen molar-refractivity contribution in [3.63, 3.8) is 0 Å². The van der Waals surface area contributed by atoms with Gasteiger partial charge in [0.1, 0.15) is 12.1 Å². The summed E-state index contributed by atoms with van der Waals surface area (Å²) in [7, 11) is 0. The molecule has 2 atom stereocenters. The Balaban J connectivity index is 1.82. The molecule has 2 aliphatic rings. The van der Waals surface area contributed by atoms with E-state index in [0.717, 1.165) is 37.1 Å². The third kappa shape index (κ3) is 1.70. The number of hydrogen-bond donors (Lipinski definition) is 1. The number of aromatic nitrogens is 4. The first kappa shape index (κ1) is 11.2. The lowest BCUT2D eigenvalue weighted by Gasteiger charge is -2.38. The molecule has 6 heteroatoms. The van der Waals surface area contributed by atoms with Gasteiger partial charge in [-0.1, -0.05) is 0 Å². The Morgan fingerprint density at radius 1 is 1.37 bits per heavy atom. The van der Waals surface area contributed by atoms with Gasteiger partial charge in [0.05, 0.1) is 0 Å². The predicted octanol–water partition coefficient (Wildman–Crippen LogP) is 0.621. The molecule has 4 rings (SSSR count). The second-order valence-electron chi connectivity index (χ2n) is 5.55. The van der Waals surface area contributed by atoms with E-state index < -0.39 is 0 Å². The average Bonchev–Trinajstić information content (AvgIpc) is 3.04. The minimum absolute atomic E-state index is 0.586. The zero-order valence-corrected chi connectivity index (χ0v) is 11.1. The molecule has 2 fully saturated rings. The van der Waals surface area contributed by atoms with E-state index in [9.17, 15) is 0 Å². The number of piperidine rings is 1. The summed E-state index contributed by atoms with van der Waals surface area (Å²) in [5.41, 5.74) is 1.00. The van der Waals surface area contributed by atoms with Crippen molar-refractivity contribution in [2.24, 2.45) is 5.92 Å². The first-order valence-electron chi connectivity index (χ1n) is 6.98. The SMILES string of the molecule is Cc1cc(N2CCCC3CNCC32)n2ncnc2n1. The zero-order valence-electron chi connectivity index (χ0n) is 11.1. The first-order chi connectivity index (χ1) is 9.33. The van der Waals surface area contributed by atoms with Gasteiger partial charge in [-0.3, -0.25) is 0 Å². The van der Waals surface area contributed by atoms with Gasteiger partial charge in [0, 0.05) is 37.4 Å². The Kier molecular flexibility index (Phi) is 2.44. The van der Waals surface area contributed by atoms with E-state index >= 15 is 0 Å². The highest BCUT2D eigenvalue weighted by molar-refractivity contribution is 5.49. The molecule has 0 aliphatic carbocycles. The fourth-order valence-electron chi connectivity index (χ4n) is 3.47. The van der Waals surface area contributed by atoms with Crippen LogP contribution < -0.4 is 10.2 Å². The molecule has 2 saturated heterocycles.